The largest absolute Gasteiger partial charge is 0.339 e. The van der Waals surface area contributed by atoms with Crippen LogP contribution in [-0.2, 0) is 0 Å². The highest BCUT2D eigenvalue weighted by molar-refractivity contribution is 5.53. The lowest BCUT2D eigenvalue weighted by molar-refractivity contribution is 0.120. The molecule has 4 nitrogen and oxygen atoms in total. The zero-order valence-corrected chi connectivity index (χ0v) is 15.9. The number of likely N-dealkylation sites (N-methyl/N-ethyl adjacent to an activating group) is 1. The van der Waals surface area contributed by atoms with E-state index in [0.29, 0.717) is 23.8 Å². The first kappa shape index (κ1) is 16.7. The molecule has 2 aliphatic heterocycles. The minimum absolute atomic E-state index is 0.251. The summed E-state index contributed by atoms with van der Waals surface area (Å²) in [4.78, 5) is 7.39. The third kappa shape index (κ3) is 2.88. The molecule has 3 heterocycles. The third-order valence-corrected chi connectivity index (χ3v) is 6.53. The maximum atomic E-state index is 5.85. The molecule has 27 heavy (non-hydrogen) atoms. The molecule has 2 fully saturated rings. The minimum atomic E-state index is 0.251. The first-order valence-corrected chi connectivity index (χ1v) is 9.88. The van der Waals surface area contributed by atoms with E-state index in [2.05, 4.69) is 48.3 Å². The van der Waals surface area contributed by atoms with Crippen molar-refractivity contribution in [1.29, 1.82) is 0 Å². The van der Waals surface area contributed by atoms with Gasteiger partial charge in [-0.3, -0.25) is 4.90 Å². The van der Waals surface area contributed by atoms with Gasteiger partial charge in [0.1, 0.15) is 0 Å². The van der Waals surface area contributed by atoms with Crippen molar-refractivity contribution in [3.8, 4) is 11.4 Å². The van der Waals surface area contributed by atoms with Crippen LogP contribution in [0.4, 0.5) is 0 Å². The Morgan fingerprint density at radius 3 is 2.56 bits per heavy atom. The molecular weight excluding hydrogens is 334 g/mol. The molecule has 0 saturated carbocycles. The lowest BCUT2D eigenvalue weighted by atomic mass is 9.76. The number of rotatable bonds is 3. The summed E-state index contributed by atoms with van der Waals surface area (Å²) in [6.07, 6.45) is 3.63. The highest BCUT2D eigenvalue weighted by Crippen LogP contribution is 2.50. The Kier molecular flexibility index (Phi) is 4.09. The lowest BCUT2D eigenvalue weighted by Gasteiger charge is -2.41. The minimum Gasteiger partial charge on any atom is -0.339 e. The molecule has 0 N–H and O–H groups in total. The number of aromatic nitrogens is 2. The van der Waals surface area contributed by atoms with Crippen LogP contribution in [0, 0.1) is 6.92 Å². The zero-order chi connectivity index (χ0) is 18.4. The maximum Gasteiger partial charge on any atom is 0.232 e. The SMILES string of the molecule is Cc1ccc(C2CC3CCC([C@H]2c2nc(-c4ccccc4)no2)N3C)cc1. The molecule has 4 heteroatoms. The fourth-order valence-corrected chi connectivity index (χ4v) is 5.03. The van der Waals surface area contributed by atoms with Crippen LogP contribution in [0.5, 0.6) is 0 Å². The van der Waals surface area contributed by atoms with Gasteiger partial charge < -0.3 is 4.52 Å². The molecule has 3 unspecified atom stereocenters. The highest BCUT2D eigenvalue weighted by atomic mass is 16.5. The van der Waals surface area contributed by atoms with Gasteiger partial charge in [0.25, 0.3) is 0 Å². The van der Waals surface area contributed by atoms with Crippen LogP contribution >= 0.6 is 0 Å². The highest BCUT2D eigenvalue weighted by Gasteiger charge is 2.48. The molecule has 3 aromatic rings. The predicted octanol–water partition coefficient (Wildman–Crippen LogP) is 4.78. The summed E-state index contributed by atoms with van der Waals surface area (Å²) in [6, 6.07) is 20.2. The van der Waals surface area contributed by atoms with Crippen molar-refractivity contribution in [3.63, 3.8) is 0 Å². The van der Waals surface area contributed by atoms with Crippen LogP contribution in [0.25, 0.3) is 11.4 Å². The molecule has 2 bridgehead atoms. The van der Waals surface area contributed by atoms with Crippen LogP contribution in [0.3, 0.4) is 0 Å². The van der Waals surface area contributed by atoms with Gasteiger partial charge in [0, 0.05) is 17.6 Å². The van der Waals surface area contributed by atoms with Crippen molar-refractivity contribution in [2.24, 2.45) is 0 Å². The molecule has 0 aliphatic carbocycles. The van der Waals surface area contributed by atoms with Gasteiger partial charge in [0.05, 0.1) is 5.92 Å². The molecule has 0 amide bonds. The van der Waals surface area contributed by atoms with Crippen LogP contribution < -0.4 is 0 Å². The quantitative estimate of drug-likeness (QED) is 0.675. The maximum absolute atomic E-state index is 5.85. The van der Waals surface area contributed by atoms with E-state index in [1.165, 1.54) is 24.0 Å². The molecule has 2 aliphatic rings. The second-order valence-corrected chi connectivity index (χ2v) is 8.06. The van der Waals surface area contributed by atoms with E-state index in [4.69, 9.17) is 9.51 Å². The van der Waals surface area contributed by atoms with E-state index < -0.39 is 0 Å². The lowest BCUT2D eigenvalue weighted by Crippen LogP contribution is -2.44. The molecule has 1 aromatic heterocycles. The molecule has 0 spiro atoms. The standard InChI is InChI=1S/C23H25N3O/c1-15-8-10-16(11-9-15)19-14-18-12-13-20(26(18)2)21(19)23-24-22(25-27-23)17-6-4-3-5-7-17/h3-11,18-21H,12-14H2,1-2H3/t18?,19?,20?,21-/m0/s1. The van der Waals surface area contributed by atoms with E-state index in [1.54, 1.807) is 0 Å². The number of fused-ring (bicyclic) bond motifs is 2. The van der Waals surface area contributed by atoms with Gasteiger partial charge in [0.15, 0.2) is 0 Å². The molecule has 4 atom stereocenters. The van der Waals surface area contributed by atoms with E-state index in [1.807, 2.05) is 30.3 Å². The van der Waals surface area contributed by atoms with E-state index in [9.17, 15) is 0 Å². The number of piperidine rings is 1. The van der Waals surface area contributed by atoms with Crippen LogP contribution in [0.15, 0.2) is 59.1 Å². The number of benzene rings is 2. The van der Waals surface area contributed by atoms with Gasteiger partial charge in [-0.1, -0.05) is 65.3 Å². The zero-order valence-electron chi connectivity index (χ0n) is 15.9. The Bertz CT molecular complexity index is 918. The second-order valence-electron chi connectivity index (χ2n) is 8.06. The summed E-state index contributed by atoms with van der Waals surface area (Å²) in [5, 5.41) is 4.31. The van der Waals surface area contributed by atoms with E-state index >= 15 is 0 Å². The average Bonchev–Trinajstić information content (AvgIpc) is 3.26. The monoisotopic (exact) mass is 359 g/mol. The van der Waals surface area contributed by atoms with Gasteiger partial charge in [0.2, 0.25) is 11.7 Å². The molecular formula is C23H25N3O. The number of hydrogen-bond donors (Lipinski definition) is 0. The number of hydrogen-bond acceptors (Lipinski definition) is 4. The Labute approximate surface area is 160 Å². The normalized spacial score (nSPS) is 27.8. The molecule has 0 radical (unpaired) electrons. The Morgan fingerprint density at radius 2 is 1.78 bits per heavy atom. The van der Waals surface area contributed by atoms with Gasteiger partial charge in [-0.2, -0.15) is 4.98 Å². The summed E-state index contributed by atoms with van der Waals surface area (Å²) in [5.74, 6) is 2.16. The Morgan fingerprint density at radius 1 is 1.00 bits per heavy atom. The van der Waals surface area contributed by atoms with Crippen molar-refractivity contribution in [2.75, 3.05) is 7.05 Å². The van der Waals surface area contributed by atoms with Crippen molar-refractivity contribution in [1.82, 2.24) is 15.0 Å². The van der Waals surface area contributed by atoms with Gasteiger partial charge in [-0.05, 0) is 44.7 Å². The predicted molar refractivity (Wildman–Crippen MR) is 106 cm³/mol. The number of nitrogens with zero attached hydrogens (tertiary/aromatic N) is 3. The summed E-state index contributed by atoms with van der Waals surface area (Å²) in [6.45, 7) is 2.14. The van der Waals surface area contributed by atoms with Crippen molar-refractivity contribution in [2.45, 2.75) is 50.1 Å². The fraction of sp³-hybridized carbons (Fsp3) is 0.391. The molecule has 138 valence electrons. The summed E-state index contributed by atoms with van der Waals surface area (Å²) in [5.41, 5.74) is 3.71. The van der Waals surface area contributed by atoms with Crippen LogP contribution in [0.2, 0.25) is 0 Å². The van der Waals surface area contributed by atoms with Crippen molar-refractivity contribution in [3.05, 3.63) is 71.6 Å². The van der Waals surface area contributed by atoms with E-state index in [-0.39, 0.29) is 5.92 Å². The Balaban J connectivity index is 1.54. The van der Waals surface area contributed by atoms with Crippen molar-refractivity contribution >= 4 is 0 Å². The first-order chi connectivity index (χ1) is 13.2. The average molecular weight is 359 g/mol. The molecule has 2 saturated heterocycles. The van der Waals surface area contributed by atoms with E-state index in [0.717, 1.165) is 17.9 Å². The van der Waals surface area contributed by atoms with Gasteiger partial charge in [-0.25, -0.2) is 0 Å². The fourth-order valence-electron chi connectivity index (χ4n) is 5.03. The van der Waals surface area contributed by atoms with Gasteiger partial charge in [-0.15, -0.1) is 0 Å². The first-order valence-electron chi connectivity index (χ1n) is 9.88. The smallest absolute Gasteiger partial charge is 0.232 e. The summed E-state index contributed by atoms with van der Waals surface area (Å²) in [7, 11) is 2.26. The number of aryl methyl sites for hydroxylation is 1. The summed E-state index contributed by atoms with van der Waals surface area (Å²) < 4.78 is 5.85. The molecule has 5 rings (SSSR count). The second kappa shape index (κ2) is 6.61. The summed E-state index contributed by atoms with van der Waals surface area (Å²) >= 11 is 0. The van der Waals surface area contributed by atoms with Crippen LogP contribution in [0.1, 0.15) is 48.1 Å². The molecule has 2 aromatic carbocycles. The van der Waals surface area contributed by atoms with Gasteiger partial charge >= 0.3 is 0 Å². The topological polar surface area (TPSA) is 42.2 Å². The van der Waals surface area contributed by atoms with Crippen LogP contribution in [-0.4, -0.2) is 34.2 Å². The Hall–Kier alpha value is -2.46. The third-order valence-electron chi connectivity index (χ3n) is 6.53. The van der Waals surface area contributed by atoms with Crippen molar-refractivity contribution < 1.29 is 4.52 Å².